The largest absolute Gasteiger partial charge is 0.456 e. The number of benzene rings is 2. The number of esters is 1. The van der Waals surface area contributed by atoms with Crippen LogP contribution in [0.2, 0.25) is 0 Å². The van der Waals surface area contributed by atoms with Crippen LogP contribution in [0.1, 0.15) is 40.3 Å². The average molecular weight is 650 g/mol. The Kier molecular flexibility index (Phi) is 7.49. The van der Waals surface area contributed by atoms with Crippen molar-refractivity contribution in [3.8, 4) is 11.4 Å². The summed E-state index contributed by atoms with van der Waals surface area (Å²) >= 11 is 1.28. The number of nitrogens with zero attached hydrogens (tertiary/aromatic N) is 5. The van der Waals surface area contributed by atoms with E-state index in [2.05, 4.69) is 4.98 Å². The normalized spacial score (nSPS) is 19.4. The van der Waals surface area contributed by atoms with Crippen molar-refractivity contribution in [2.45, 2.75) is 32.6 Å². The first-order valence-electron chi connectivity index (χ1n) is 14.8. The molecule has 0 bridgehead atoms. The van der Waals surface area contributed by atoms with E-state index in [4.69, 9.17) is 9.72 Å². The maximum atomic E-state index is 13.8. The maximum Gasteiger partial charge on any atom is 0.355 e. The molecule has 47 heavy (non-hydrogen) atoms. The predicted molar refractivity (Wildman–Crippen MR) is 171 cm³/mol. The Morgan fingerprint density at radius 1 is 1.11 bits per heavy atom. The molecule has 1 amide bonds. The first kappa shape index (κ1) is 30.1. The highest BCUT2D eigenvalue weighted by Gasteiger charge is 2.60. The van der Waals surface area contributed by atoms with E-state index in [-0.39, 0.29) is 41.3 Å². The molecule has 1 saturated heterocycles. The number of carbonyl (C=O) groups excluding carboxylic acids is 3. The summed E-state index contributed by atoms with van der Waals surface area (Å²) in [4.78, 5) is 62.9. The van der Waals surface area contributed by atoms with Gasteiger partial charge in [0.25, 0.3) is 5.69 Å². The number of aromatic nitrogens is 3. The van der Waals surface area contributed by atoms with Gasteiger partial charge < -0.3 is 14.7 Å². The summed E-state index contributed by atoms with van der Waals surface area (Å²) < 4.78 is 7.50. The Labute approximate surface area is 271 Å². The number of imidazole rings is 1. The van der Waals surface area contributed by atoms with E-state index in [1.165, 1.54) is 46.7 Å². The summed E-state index contributed by atoms with van der Waals surface area (Å²) in [5, 5.41) is 21.5. The van der Waals surface area contributed by atoms with Crippen LogP contribution in [0.25, 0.3) is 21.8 Å². The number of rotatable bonds is 9. The molecule has 1 N–H and O–H groups in total. The van der Waals surface area contributed by atoms with Gasteiger partial charge in [-0.05, 0) is 36.8 Å². The van der Waals surface area contributed by atoms with E-state index in [1.54, 1.807) is 25.3 Å². The third kappa shape index (κ3) is 5.00. The molecule has 0 unspecified atom stereocenters. The minimum Gasteiger partial charge on any atom is -0.456 e. The van der Waals surface area contributed by atoms with E-state index in [0.717, 1.165) is 5.56 Å². The van der Waals surface area contributed by atoms with Gasteiger partial charge in [0.2, 0.25) is 11.7 Å². The monoisotopic (exact) mass is 649 g/mol. The lowest BCUT2D eigenvalue weighted by atomic mass is 9.77. The molecule has 7 rings (SSSR count). The van der Waals surface area contributed by atoms with Crippen molar-refractivity contribution >= 4 is 45.1 Å². The third-order valence-electron chi connectivity index (χ3n) is 8.64. The van der Waals surface area contributed by atoms with E-state index in [0.29, 0.717) is 32.2 Å². The lowest BCUT2D eigenvalue weighted by molar-refractivity contribution is -0.384. The fraction of sp³-hybridized carbons (Fsp3) is 0.206. The highest BCUT2D eigenvalue weighted by molar-refractivity contribution is 7.18. The van der Waals surface area contributed by atoms with Gasteiger partial charge in [-0.1, -0.05) is 37.3 Å². The zero-order chi connectivity index (χ0) is 33.0. The highest BCUT2D eigenvalue weighted by Crippen LogP contribution is 2.52. The molecule has 0 saturated carbocycles. The van der Waals surface area contributed by atoms with Crippen LogP contribution in [0.4, 0.5) is 5.69 Å². The van der Waals surface area contributed by atoms with Crippen LogP contribution in [0.5, 0.6) is 0 Å². The number of nitro groups is 1. The van der Waals surface area contributed by atoms with Gasteiger partial charge in [0.05, 0.1) is 27.9 Å². The summed E-state index contributed by atoms with van der Waals surface area (Å²) in [6.07, 6.45) is 3.95. The van der Waals surface area contributed by atoms with Crippen LogP contribution in [-0.4, -0.2) is 59.1 Å². The summed E-state index contributed by atoms with van der Waals surface area (Å²) in [7, 11) is 0. The number of fused-ring (bicyclic) bond motifs is 2. The summed E-state index contributed by atoms with van der Waals surface area (Å²) in [5.74, 6) is -1.95. The number of aliphatic hydroxyl groups excluding tert-OH is 1. The molecule has 13 heteroatoms. The van der Waals surface area contributed by atoms with E-state index in [1.807, 2.05) is 47.9 Å². The second kappa shape index (κ2) is 11.7. The van der Waals surface area contributed by atoms with Crippen LogP contribution in [-0.2, 0) is 20.9 Å². The first-order valence-corrected chi connectivity index (χ1v) is 15.7. The number of hydrogen-bond acceptors (Lipinski definition) is 10. The van der Waals surface area contributed by atoms with Crippen molar-refractivity contribution in [3.05, 3.63) is 123 Å². The summed E-state index contributed by atoms with van der Waals surface area (Å²) in [5.41, 5.74) is 2.46. The second-order valence-electron chi connectivity index (χ2n) is 11.5. The van der Waals surface area contributed by atoms with Crippen LogP contribution < -0.4 is 0 Å². The molecule has 12 nitrogen and oxygen atoms in total. The van der Waals surface area contributed by atoms with Gasteiger partial charge in [-0.25, -0.2) is 9.78 Å². The zero-order valence-corrected chi connectivity index (χ0v) is 26.0. The Bertz CT molecular complexity index is 2090. The smallest absolute Gasteiger partial charge is 0.355 e. The lowest BCUT2D eigenvalue weighted by Crippen LogP contribution is -2.63. The van der Waals surface area contributed by atoms with Crippen LogP contribution in [0.15, 0.2) is 91.0 Å². The summed E-state index contributed by atoms with van der Waals surface area (Å²) in [6, 6.07) is 17.9. The van der Waals surface area contributed by atoms with Crippen molar-refractivity contribution in [3.63, 3.8) is 0 Å². The molecule has 5 heterocycles. The Morgan fingerprint density at radius 3 is 2.51 bits per heavy atom. The molecule has 0 radical (unpaired) electrons. The number of thiazole rings is 1. The lowest BCUT2D eigenvalue weighted by Gasteiger charge is -2.46. The molecule has 3 aromatic heterocycles. The highest BCUT2D eigenvalue weighted by atomic mass is 32.1. The number of ketones is 1. The molecule has 2 aliphatic rings. The second-order valence-corrected chi connectivity index (χ2v) is 12.5. The van der Waals surface area contributed by atoms with E-state index >= 15 is 0 Å². The fourth-order valence-electron chi connectivity index (χ4n) is 6.39. The molecule has 1 fully saturated rings. The van der Waals surface area contributed by atoms with Gasteiger partial charge in [0.15, 0.2) is 0 Å². The van der Waals surface area contributed by atoms with Gasteiger partial charge >= 0.3 is 5.97 Å². The van der Waals surface area contributed by atoms with Crippen molar-refractivity contribution in [2.75, 3.05) is 0 Å². The number of amides is 1. The Hall–Kier alpha value is -5.53. The zero-order valence-electron chi connectivity index (χ0n) is 25.1. The molecule has 2 aromatic carbocycles. The van der Waals surface area contributed by atoms with Gasteiger partial charge in [-0.15, -0.1) is 11.3 Å². The number of carbonyl (C=O) groups is 3. The van der Waals surface area contributed by atoms with Gasteiger partial charge in [0, 0.05) is 53.3 Å². The molecule has 0 spiro atoms. The minimum atomic E-state index is -0.931. The van der Waals surface area contributed by atoms with E-state index in [9.17, 15) is 29.6 Å². The van der Waals surface area contributed by atoms with Crippen LogP contribution in [0.3, 0.4) is 0 Å². The first-order chi connectivity index (χ1) is 22.7. The van der Waals surface area contributed by atoms with Gasteiger partial charge in [0.1, 0.15) is 28.7 Å². The van der Waals surface area contributed by atoms with Crippen molar-refractivity contribution in [2.24, 2.45) is 11.8 Å². The van der Waals surface area contributed by atoms with Crippen LogP contribution in [0, 0.1) is 22.0 Å². The number of nitro benzene ring substituents is 1. The number of ether oxygens (including phenoxy) is 1. The summed E-state index contributed by atoms with van der Waals surface area (Å²) in [6.45, 7) is 3.28. The fourth-order valence-corrected chi connectivity index (χ4v) is 7.63. The quantitative estimate of drug-likeness (QED) is 0.0770. The molecule has 2 aliphatic heterocycles. The predicted octanol–water partition coefficient (Wildman–Crippen LogP) is 4.91. The molecule has 0 aliphatic carbocycles. The number of pyridine rings is 1. The number of β-lactam (4-membered cyclic amide) rings is 1. The van der Waals surface area contributed by atoms with Crippen molar-refractivity contribution < 1.29 is 29.2 Å². The minimum absolute atomic E-state index is 0.0742. The molecule has 236 valence electrons. The van der Waals surface area contributed by atoms with Crippen LogP contribution >= 0.6 is 11.3 Å². The molecular formula is C34H27N5O7S. The molecular weight excluding hydrogens is 622 g/mol. The van der Waals surface area contributed by atoms with Gasteiger partial charge in [-0.3, -0.25) is 29.1 Å². The van der Waals surface area contributed by atoms with Crippen molar-refractivity contribution in [1.82, 2.24) is 19.3 Å². The molecule has 4 atom stereocenters. The maximum absolute atomic E-state index is 13.8. The van der Waals surface area contributed by atoms with E-state index < -0.39 is 29.0 Å². The number of non-ortho nitro benzene ring substituents is 1. The number of aliphatic hydroxyl groups is 1. The standard InChI is InChI=1S/C34H27N5O7S/c1-18-25(29(38-28(18)26(19(2)40)32(38)42)34(43)46-17-20-10-12-23(13-11-20)39(44)45)24-16-37-31(21-7-4-3-5-8-21)36-27(33(37)47-24)30(41)22-9-6-14-35-15-22/h3-16,18-19,26,28,40H,17H2,1-2H3/t18-,19+,26+,28+/m0/s1. The SMILES string of the molecule is C[C@@H](O)[C@H]1C(=O)N2C(C(=O)OCc3ccc([N+](=O)[O-])cc3)=C(c3cn4c(-c5ccccc5)nc(C(=O)c5cccnc5)c4s3)[C@H](C)[C@H]12. The average Bonchev–Trinajstić information content (AvgIpc) is 3.72. The van der Waals surface area contributed by atoms with Crippen molar-refractivity contribution in [1.29, 1.82) is 0 Å². The number of hydrogen-bond donors (Lipinski definition) is 1. The third-order valence-corrected chi connectivity index (χ3v) is 9.77. The Balaban J connectivity index is 1.34. The molecule has 5 aromatic rings. The van der Waals surface area contributed by atoms with Gasteiger partial charge in [-0.2, -0.15) is 0 Å². The Morgan fingerprint density at radius 2 is 1.85 bits per heavy atom. The topological polar surface area (TPSA) is 157 Å².